The molecule has 0 amide bonds. The van der Waals surface area contributed by atoms with Gasteiger partial charge in [-0.15, -0.1) is 11.3 Å². The van der Waals surface area contributed by atoms with E-state index in [1.54, 1.807) is 31.4 Å². The van der Waals surface area contributed by atoms with E-state index < -0.39 is 0 Å². The Bertz CT molecular complexity index is 1560. The maximum absolute atomic E-state index is 11.9. The number of carbonyl (C=O) groups is 1. The van der Waals surface area contributed by atoms with Gasteiger partial charge >= 0.3 is 0 Å². The molecule has 1 aromatic heterocycles. The highest BCUT2D eigenvalue weighted by Gasteiger charge is 2.27. The Morgan fingerprint density at radius 2 is 1.86 bits per heavy atom. The lowest BCUT2D eigenvalue weighted by molar-refractivity contribution is -0.121. The van der Waals surface area contributed by atoms with Gasteiger partial charge in [0.2, 0.25) is 0 Å². The number of aromatic hydroxyl groups is 1. The molecule has 0 saturated carbocycles. The largest absolute Gasteiger partial charge is 0.508 e. The number of nitrogens with zero attached hydrogens (tertiary/aromatic N) is 2. The standard InChI is InChI=1S/C35H40N2O5S/c1-24(38)32-4-3-13-37(32)16-19-42-29-10-7-26(8-11-29)35-31(30-12-9-28(39)22-34(30)43-35)20-25-5-6-27(33(21-25)40-2)23-36-14-17-41-18-15-36/h5-12,21-22,32,39H,3-4,13-20,23H2,1-2H3. The van der Waals surface area contributed by atoms with Gasteiger partial charge in [0, 0.05) is 41.3 Å². The van der Waals surface area contributed by atoms with Crippen molar-refractivity contribution >= 4 is 27.2 Å². The molecular formula is C35H40N2O5S. The van der Waals surface area contributed by atoms with Crippen molar-refractivity contribution in [2.45, 2.75) is 38.8 Å². The van der Waals surface area contributed by atoms with Gasteiger partial charge in [0.15, 0.2) is 0 Å². The Labute approximate surface area is 257 Å². The molecule has 2 aliphatic rings. The number of morpholine rings is 1. The zero-order valence-electron chi connectivity index (χ0n) is 25.0. The maximum Gasteiger partial charge on any atom is 0.146 e. The SMILES string of the molecule is COc1cc(Cc2c(-c3ccc(OCCN4CCCC4C(C)=O)cc3)sc3cc(O)ccc23)ccc1CN1CCOCC1. The highest BCUT2D eigenvalue weighted by molar-refractivity contribution is 7.22. The molecule has 0 spiro atoms. The lowest BCUT2D eigenvalue weighted by Crippen LogP contribution is -2.37. The molecule has 6 rings (SSSR count). The number of phenolic OH excluding ortho intramolecular Hbond substituents is 1. The summed E-state index contributed by atoms with van der Waals surface area (Å²) in [6.45, 7) is 8.22. The highest BCUT2D eigenvalue weighted by atomic mass is 32.1. The van der Waals surface area contributed by atoms with Gasteiger partial charge < -0.3 is 19.3 Å². The lowest BCUT2D eigenvalue weighted by atomic mass is 9.97. The number of fused-ring (bicyclic) bond motifs is 1. The minimum atomic E-state index is 0.0396. The first-order chi connectivity index (χ1) is 21.0. The summed E-state index contributed by atoms with van der Waals surface area (Å²) in [6.07, 6.45) is 2.77. The molecule has 8 heteroatoms. The van der Waals surface area contributed by atoms with Crippen LogP contribution in [0.3, 0.4) is 0 Å². The topological polar surface area (TPSA) is 71.5 Å². The number of phenols is 1. The number of carbonyl (C=O) groups excluding carboxylic acids is 1. The fraction of sp³-hybridized carbons (Fsp3) is 0.400. The van der Waals surface area contributed by atoms with E-state index >= 15 is 0 Å². The average molecular weight is 601 g/mol. The summed E-state index contributed by atoms with van der Waals surface area (Å²) in [4.78, 5) is 17.7. The normalized spacial score (nSPS) is 17.9. The Hall–Kier alpha value is -3.43. The van der Waals surface area contributed by atoms with E-state index in [-0.39, 0.29) is 17.6 Å². The molecule has 1 atom stereocenters. The van der Waals surface area contributed by atoms with Crippen LogP contribution in [-0.4, -0.2) is 79.8 Å². The van der Waals surface area contributed by atoms with E-state index in [9.17, 15) is 9.90 Å². The molecule has 3 aromatic carbocycles. The molecule has 2 saturated heterocycles. The van der Waals surface area contributed by atoms with Gasteiger partial charge in [-0.3, -0.25) is 14.6 Å². The summed E-state index contributed by atoms with van der Waals surface area (Å²) in [7, 11) is 1.74. The quantitative estimate of drug-likeness (QED) is 0.222. The monoisotopic (exact) mass is 600 g/mol. The summed E-state index contributed by atoms with van der Waals surface area (Å²) < 4.78 is 18.5. The number of ether oxygens (including phenoxy) is 3. The second-order valence-electron chi connectivity index (χ2n) is 11.5. The molecule has 43 heavy (non-hydrogen) atoms. The predicted molar refractivity (Wildman–Crippen MR) is 172 cm³/mol. The van der Waals surface area contributed by atoms with Gasteiger partial charge in [-0.05, 0) is 103 Å². The molecule has 2 aliphatic heterocycles. The van der Waals surface area contributed by atoms with Crippen molar-refractivity contribution in [3.8, 4) is 27.7 Å². The third kappa shape index (κ3) is 6.88. The van der Waals surface area contributed by atoms with Gasteiger partial charge in [0.05, 0.1) is 26.4 Å². The minimum absolute atomic E-state index is 0.0396. The van der Waals surface area contributed by atoms with Crippen LogP contribution in [0.4, 0.5) is 0 Å². The molecular weight excluding hydrogens is 560 g/mol. The maximum atomic E-state index is 11.9. The Morgan fingerprint density at radius 1 is 1.05 bits per heavy atom. The zero-order chi connectivity index (χ0) is 29.8. The highest BCUT2D eigenvalue weighted by Crippen LogP contribution is 2.42. The second kappa shape index (κ2) is 13.5. The van der Waals surface area contributed by atoms with E-state index in [1.807, 2.05) is 24.3 Å². The molecule has 1 N–H and O–H groups in total. The molecule has 1 unspecified atom stereocenters. The smallest absolute Gasteiger partial charge is 0.146 e. The first-order valence-corrected chi connectivity index (χ1v) is 16.0. The number of thiophene rings is 1. The van der Waals surface area contributed by atoms with Crippen molar-refractivity contribution in [1.82, 2.24) is 9.80 Å². The van der Waals surface area contributed by atoms with Crippen LogP contribution >= 0.6 is 11.3 Å². The number of hydrogen-bond donors (Lipinski definition) is 1. The summed E-state index contributed by atoms with van der Waals surface area (Å²) >= 11 is 1.70. The number of ketones is 1. The van der Waals surface area contributed by atoms with E-state index in [4.69, 9.17) is 14.2 Å². The van der Waals surface area contributed by atoms with Gasteiger partial charge in [-0.25, -0.2) is 0 Å². The number of hydrogen-bond acceptors (Lipinski definition) is 8. The molecule has 0 radical (unpaired) electrons. The van der Waals surface area contributed by atoms with Gasteiger partial charge in [-0.2, -0.15) is 0 Å². The second-order valence-corrected chi connectivity index (χ2v) is 12.5. The number of benzene rings is 3. The van der Waals surface area contributed by atoms with Crippen LogP contribution in [0, 0.1) is 0 Å². The van der Waals surface area contributed by atoms with Gasteiger partial charge in [-0.1, -0.05) is 12.1 Å². The molecule has 7 nitrogen and oxygen atoms in total. The number of Topliss-reactive ketones (excluding diaryl/α,β-unsaturated/α-hetero) is 1. The number of rotatable bonds is 11. The summed E-state index contributed by atoms with van der Waals surface area (Å²) in [5, 5.41) is 11.4. The van der Waals surface area contributed by atoms with Crippen LogP contribution in [0.2, 0.25) is 0 Å². The van der Waals surface area contributed by atoms with Gasteiger partial charge in [0.25, 0.3) is 0 Å². The minimum Gasteiger partial charge on any atom is -0.508 e. The van der Waals surface area contributed by atoms with Crippen LogP contribution in [0.25, 0.3) is 20.5 Å². The third-order valence-electron chi connectivity index (χ3n) is 8.60. The van der Waals surface area contributed by atoms with Crippen molar-refractivity contribution in [2.75, 3.05) is 53.1 Å². The molecule has 0 bridgehead atoms. The van der Waals surface area contributed by atoms with Crippen molar-refractivity contribution < 1.29 is 24.1 Å². The first kappa shape index (κ1) is 29.6. The van der Waals surface area contributed by atoms with Crippen LogP contribution in [0.15, 0.2) is 60.7 Å². The third-order valence-corrected chi connectivity index (χ3v) is 9.85. The van der Waals surface area contributed by atoms with Crippen LogP contribution in [0.5, 0.6) is 17.2 Å². The van der Waals surface area contributed by atoms with E-state index in [0.29, 0.717) is 6.61 Å². The summed E-state index contributed by atoms with van der Waals surface area (Å²) in [5.74, 6) is 2.25. The fourth-order valence-corrected chi connectivity index (χ4v) is 7.58. The molecule has 4 aromatic rings. The first-order valence-electron chi connectivity index (χ1n) is 15.2. The summed E-state index contributed by atoms with van der Waals surface area (Å²) in [6, 6.07) is 20.5. The number of methoxy groups -OCH3 is 1. The molecule has 3 heterocycles. The zero-order valence-corrected chi connectivity index (χ0v) is 25.8. The Kier molecular flexibility index (Phi) is 9.28. The summed E-state index contributed by atoms with van der Waals surface area (Å²) in [5.41, 5.74) is 4.73. The van der Waals surface area contributed by atoms with Crippen LogP contribution in [0.1, 0.15) is 36.5 Å². The number of likely N-dealkylation sites (tertiary alicyclic amines) is 1. The fourth-order valence-electron chi connectivity index (χ4n) is 6.32. The van der Waals surface area contributed by atoms with Crippen molar-refractivity contribution in [3.63, 3.8) is 0 Å². The Morgan fingerprint density at radius 3 is 2.63 bits per heavy atom. The average Bonchev–Trinajstić information content (AvgIpc) is 3.63. The van der Waals surface area contributed by atoms with Crippen molar-refractivity contribution in [1.29, 1.82) is 0 Å². The van der Waals surface area contributed by atoms with Crippen molar-refractivity contribution in [2.24, 2.45) is 0 Å². The van der Waals surface area contributed by atoms with Crippen molar-refractivity contribution in [3.05, 3.63) is 77.4 Å². The van der Waals surface area contributed by atoms with Gasteiger partial charge in [0.1, 0.15) is 29.6 Å². The lowest BCUT2D eigenvalue weighted by Gasteiger charge is -2.27. The Balaban J connectivity index is 1.20. The van der Waals surface area contributed by atoms with E-state index in [2.05, 4.69) is 40.1 Å². The van der Waals surface area contributed by atoms with E-state index in [1.165, 1.54) is 21.6 Å². The molecule has 2 fully saturated rings. The van der Waals surface area contributed by atoms with Crippen LogP contribution in [-0.2, 0) is 22.5 Å². The molecule has 226 valence electrons. The van der Waals surface area contributed by atoms with Crippen LogP contribution < -0.4 is 9.47 Å². The molecule has 0 aliphatic carbocycles. The van der Waals surface area contributed by atoms with E-state index in [0.717, 1.165) is 92.3 Å². The predicted octanol–water partition coefficient (Wildman–Crippen LogP) is 6.14.